The molecule has 2 aromatic carbocycles. The predicted octanol–water partition coefficient (Wildman–Crippen LogP) is 2.28. The van der Waals surface area contributed by atoms with Gasteiger partial charge in [0, 0.05) is 31.1 Å². The molecule has 3 amide bonds. The van der Waals surface area contributed by atoms with Crippen LogP contribution >= 0.6 is 0 Å². The third-order valence-corrected chi connectivity index (χ3v) is 4.83. The normalized spacial score (nSPS) is 11.4. The Kier molecular flexibility index (Phi) is 9.53. The van der Waals surface area contributed by atoms with Gasteiger partial charge in [0.25, 0.3) is 5.91 Å². The van der Waals surface area contributed by atoms with Crippen molar-refractivity contribution < 1.29 is 23.9 Å². The Morgan fingerprint density at radius 1 is 0.906 bits per heavy atom. The molecule has 0 heterocycles. The molecule has 0 aliphatic carbocycles. The van der Waals surface area contributed by atoms with Crippen LogP contribution in [0.1, 0.15) is 36.2 Å². The van der Waals surface area contributed by atoms with Crippen molar-refractivity contribution in [3.05, 3.63) is 59.7 Å². The van der Waals surface area contributed by atoms with Crippen molar-refractivity contribution in [2.45, 2.75) is 32.9 Å². The Bertz CT molecular complexity index is 893. The van der Waals surface area contributed by atoms with E-state index >= 15 is 0 Å². The van der Waals surface area contributed by atoms with Crippen LogP contribution in [0, 0.1) is 5.92 Å². The number of hydrogen-bond acceptors (Lipinski definition) is 5. The minimum atomic E-state index is -0.757. The van der Waals surface area contributed by atoms with Crippen molar-refractivity contribution in [3.63, 3.8) is 0 Å². The van der Waals surface area contributed by atoms with Crippen LogP contribution in [0.4, 0.5) is 0 Å². The number of ether oxygens (including phenoxy) is 2. The van der Waals surface area contributed by atoms with Gasteiger partial charge in [-0.1, -0.05) is 44.2 Å². The number of nitrogens with one attached hydrogen (secondary N) is 3. The van der Waals surface area contributed by atoms with E-state index in [1.54, 1.807) is 18.2 Å². The van der Waals surface area contributed by atoms with Gasteiger partial charge in [-0.15, -0.1) is 0 Å². The Morgan fingerprint density at radius 2 is 1.53 bits per heavy atom. The van der Waals surface area contributed by atoms with Crippen molar-refractivity contribution in [2.75, 3.05) is 20.8 Å². The van der Waals surface area contributed by atoms with Gasteiger partial charge in [-0.05, 0) is 23.6 Å². The smallest absolute Gasteiger partial charge is 0.252 e. The zero-order chi connectivity index (χ0) is 23.5. The SMILES string of the molecule is COc1cc(OC)cc(C(=O)N[C@H](C(=O)NCCC(=O)NCc2ccccc2)C(C)C)c1. The Balaban J connectivity index is 1.88. The molecule has 8 heteroatoms. The second-order valence-electron chi connectivity index (χ2n) is 7.60. The average molecular weight is 442 g/mol. The van der Waals surface area contributed by atoms with Gasteiger partial charge in [-0.2, -0.15) is 0 Å². The third kappa shape index (κ3) is 7.61. The van der Waals surface area contributed by atoms with Crippen LogP contribution in [-0.2, 0) is 16.1 Å². The molecule has 0 unspecified atom stereocenters. The molecule has 0 fully saturated rings. The first-order valence-corrected chi connectivity index (χ1v) is 10.5. The van der Waals surface area contributed by atoms with Crippen LogP contribution in [0.3, 0.4) is 0 Å². The highest BCUT2D eigenvalue weighted by Crippen LogP contribution is 2.22. The number of carbonyl (C=O) groups is 3. The summed E-state index contributed by atoms with van der Waals surface area (Å²) in [6, 6.07) is 13.6. The summed E-state index contributed by atoms with van der Waals surface area (Å²) in [6.07, 6.45) is 0.143. The molecule has 0 aromatic heterocycles. The minimum absolute atomic E-state index is 0.143. The van der Waals surface area contributed by atoms with Crippen LogP contribution in [0.5, 0.6) is 11.5 Å². The summed E-state index contributed by atoms with van der Waals surface area (Å²) in [5.41, 5.74) is 1.32. The number of amides is 3. The van der Waals surface area contributed by atoms with Gasteiger partial charge >= 0.3 is 0 Å². The molecular weight excluding hydrogens is 410 g/mol. The Labute approximate surface area is 188 Å². The summed E-state index contributed by atoms with van der Waals surface area (Å²) in [7, 11) is 2.99. The fourth-order valence-corrected chi connectivity index (χ4v) is 2.99. The first-order chi connectivity index (χ1) is 15.3. The highest BCUT2D eigenvalue weighted by Gasteiger charge is 2.25. The van der Waals surface area contributed by atoms with Crippen LogP contribution in [0.25, 0.3) is 0 Å². The lowest BCUT2D eigenvalue weighted by Gasteiger charge is -2.22. The monoisotopic (exact) mass is 441 g/mol. The lowest BCUT2D eigenvalue weighted by Crippen LogP contribution is -2.50. The fraction of sp³-hybridized carbons (Fsp3) is 0.375. The molecule has 8 nitrogen and oxygen atoms in total. The van der Waals surface area contributed by atoms with E-state index in [1.165, 1.54) is 14.2 Å². The van der Waals surface area contributed by atoms with Gasteiger partial charge in [-0.3, -0.25) is 14.4 Å². The van der Waals surface area contributed by atoms with E-state index in [9.17, 15) is 14.4 Å². The van der Waals surface area contributed by atoms with E-state index in [4.69, 9.17) is 9.47 Å². The Hall–Kier alpha value is -3.55. The molecule has 0 aliphatic heterocycles. The van der Waals surface area contributed by atoms with Crippen molar-refractivity contribution >= 4 is 17.7 Å². The summed E-state index contributed by atoms with van der Waals surface area (Å²) in [5.74, 6) is -0.139. The van der Waals surface area contributed by atoms with E-state index in [-0.39, 0.29) is 30.7 Å². The fourth-order valence-electron chi connectivity index (χ4n) is 2.99. The first kappa shape index (κ1) is 24.7. The van der Waals surface area contributed by atoms with Crippen LogP contribution in [0.15, 0.2) is 48.5 Å². The van der Waals surface area contributed by atoms with Crippen LogP contribution < -0.4 is 25.4 Å². The zero-order valence-electron chi connectivity index (χ0n) is 18.9. The number of carbonyl (C=O) groups excluding carboxylic acids is 3. The second kappa shape index (κ2) is 12.3. The zero-order valence-corrected chi connectivity index (χ0v) is 18.9. The summed E-state index contributed by atoms with van der Waals surface area (Å²) >= 11 is 0. The van der Waals surface area contributed by atoms with Crippen molar-refractivity contribution in [1.82, 2.24) is 16.0 Å². The molecule has 0 saturated heterocycles. The molecule has 0 spiro atoms. The maximum absolute atomic E-state index is 12.7. The number of rotatable bonds is 11. The highest BCUT2D eigenvalue weighted by atomic mass is 16.5. The molecule has 172 valence electrons. The molecule has 0 radical (unpaired) electrons. The molecule has 0 aliphatic rings. The van der Waals surface area contributed by atoms with Gasteiger partial charge in [0.2, 0.25) is 11.8 Å². The minimum Gasteiger partial charge on any atom is -0.497 e. The molecule has 0 bridgehead atoms. The topological polar surface area (TPSA) is 106 Å². The molecular formula is C24H31N3O5. The molecule has 0 saturated carbocycles. The van der Waals surface area contributed by atoms with Gasteiger partial charge in [0.05, 0.1) is 14.2 Å². The van der Waals surface area contributed by atoms with Crippen LogP contribution in [0.2, 0.25) is 0 Å². The summed E-state index contributed by atoms with van der Waals surface area (Å²) in [5, 5.41) is 8.30. The number of benzene rings is 2. The first-order valence-electron chi connectivity index (χ1n) is 10.5. The maximum atomic E-state index is 12.7. The predicted molar refractivity (Wildman–Crippen MR) is 122 cm³/mol. The molecule has 2 aromatic rings. The van der Waals surface area contributed by atoms with Crippen molar-refractivity contribution in [1.29, 1.82) is 0 Å². The standard InChI is InChI=1S/C24H31N3O5/c1-16(2)22(27-23(29)18-12-19(31-3)14-20(13-18)32-4)24(30)25-11-10-21(28)26-15-17-8-6-5-7-9-17/h5-9,12-14,16,22H,10-11,15H2,1-4H3,(H,25,30)(H,26,28)(H,27,29)/t22-/m0/s1. The van der Waals surface area contributed by atoms with Gasteiger partial charge < -0.3 is 25.4 Å². The second-order valence-corrected chi connectivity index (χ2v) is 7.60. The van der Waals surface area contributed by atoms with Gasteiger partial charge in [-0.25, -0.2) is 0 Å². The summed E-state index contributed by atoms with van der Waals surface area (Å²) in [6.45, 7) is 4.28. The van der Waals surface area contributed by atoms with Gasteiger partial charge in [0.15, 0.2) is 0 Å². The summed E-state index contributed by atoms with van der Waals surface area (Å²) in [4.78, 5) is 37.4. The lowest BCUT2D eigenvalue weighted by molar-refractivity contribution is -0.124. The van der Waals surface area contributed by atoms with Gasteiger partial charge in [0.1, 0.15) is 17.5 Å². The highest BCUT2D eigenvalue weighted by molar-refractivity contribution is 5.98. The average Bonchev–Trinajstić information content (AvgIpc) is 2.80. The largest absolute Gasteiger partial charge is 0.497 e. The van der Waals surface area contributed by atoms with Crippen molar-refractivity contribution in [2.24, 2.45) is 5.92 Å². The van der Waals surface area contributed by atoms with E-state index < -0.39 is 11.9 Å². The Morgan fingerprint density at radius 3 is 2.09 bits per heavy atom. The van der Waals surface area contributed by atoms with E-state index in [0.717, 1.165) is 5.56 Å². The molecule has 1 atom stereocenters. The molecule has 2 rings (SSSR count). The van der Waals surface area contributed by atoms with Crippen LogP contribution in [-0.4, -0.2) is 44.5 Å². The number of methoxy groups -OCH3 is 2. The number of hydrogen-bond donors (Lipinski definition) is 3. The van der Waals surface area contributed by atoms with Crippen molar-refractivity contribution in [3.8, 4) is 11.5 Å². The third-order valence-electron chi connectivity index (χ3n) is 4.83. The quantitative estimate of drug-likeness (QED) is 0.496. The van der Waals surface area contributed by atoms with E-state index in [1.807, 2.05) is 44.2 Å². The molecule has 32 heavy (non-hydrogen) atoms. The van der Waals surface area contributed by atoms with E-state index in [0.29, 0.717) is 23.6 Å². The summed E-state index contributed by atoms with van der Waals surface area (Å²) < 4.78 is 10.4. The lowest BCUT2D eigenvalue weighted by atomic mass is 10.0. The molecule has 3 N–H and O–H groups in total. The maximum Gasteiger partial charge on any atom is 0.252 e. The van der Waals surface area contributed by atoms with E-state index in [2.05, 4.69) is 16.0 Å².